The second kappa shape index (κ2) is 9.47. The number of pyridine rings is 1. The molecular weight excluding hydrogens is 587 g/mol. The molecule has 5 heteroatoms. The molecule has 0 fully saturated rings. The van der Waals surface area contributed by atoms with E-state index in [1.807, 2.05) is 42.6 Å². The molecule has 0 aliphatic rings. The van der Waals surface area contributed by atoms with Gasteiger partial charge in [0, 0.05) is 49.6 Å². The zero-order valence-electron chi connectivity index (χ0n) is 25.7. The largest absolute Gasteiger partial charge is 0.308 e. The van der Waals surface area contributed by atoms with Crippen molar-refractivity contribution in [3.63, 3.8) is 0 Å². The molecular formula is C43H25N5. The summed E-state index contributed by atoms with van der Waals surface area (Å²) in [5.41, 5.74) is 9.70. The van der Waals surface area contributed by atoms with Crippen LogP contribution in [0.4, 0.5) is 0 Å². The van der Waals surface area contributed by atoms with Crippen LogP contribution in [0.5, 0.6) is 0 Å². The third-order valence-corrected chi connectivity index (χ3v) is 9.91. The third kappa shape index (κ3) is 3.37. The van der Waals surface area contributed by atoms with Crippen molar-refractivity contribution in [1.29, 1.82) is 0 Å². The van der Waals surface area contributed by atoms with Crippen LogP contribution in [0, 0.1) is 0 Å². The zero-order valence-corrected chi connectivity index (χ0v) is 25.7. The fraction of sp³-hybridized carbons (Fsp3) is 0. The van der Waals surface area contributed by atoms with Gasteiger partial charge in [-0.3, -0.25) is 4.57 Å². The van der Waals surface area contributed by atoms with Crippen LogP contribution in [-0.4, -0.2) is 23.9 Å². The molecule has 5 aromatic heterocycles. The molecule has 0 aliphatic carbocycles. The second-order valence-corrected chi connectivity index (χ2v) is 12.4. The molecule has 6 aromatic carbocycles. The predicted molar refractivity (Wildman–Crippen MR) is 197 cm³/mol. The third-order valence-electron chi connectivity index (χ3n) is 9.91. The average molecular weight is 612 g/mol. The summed E-state index contributed by atoms with van der Waals surface area (Å²) in [6.07, 6.45) is 1.91. The maximum Gasteiger partial charge on any atom is 0.161 e. The number of hydrogen-bond acceptors (Lipinski definition) is 3. The van der Waals surface area contributed by atoms with Crippen molar-refractivity contribution in [2.45, 2.75) is 0 Å². The van der Waals surface area contributed by atoms with Crippen LogP contribution in [0.2, 0.25) is 0 Å². The second-order valence-electron chi connectivity index (χ2n) is 12.4. The van der Waals surface area contributed by atoms with E-state index in [0.717, 1.165) is 44.6 Å². The molecule has 11 aromatic rings. The SMILES string of the molecule is c1ccc(-c2nc(-c3ccc(-n4c5cccc6c7cccc8c9ccccc9n(c9cccc4c9c65)c78)nc3)nc3ccccc23)cc1. The Hall–Kier alpha value is -6.59. The van der Waals surface area contributed by atoms with E-state index in [2.05, 4.69) is 118 Å². The minimum atomic E-state index is 0.660. The Balaban J connectivity index is 1.17. The van der Waals surface area contributed by atoms with Crippen molar-refractivity contribution >= 4 is 70.8 Å². The average Bonchev–Trinajstić information content (AvgIpc) is 3.64. The van der Waals surface area contributed by atoms with Crippen LogP contribution >= 0.6 is 0 Å². The molecule has 0 saturated heterocycles. The molecule has 48 heavy (non-hydrogen) atoms. The molecule has 0 aliphatic heterocycles. The molecule has 5 heterocycles. The summed E-state index contributed by atoms with van der Waals surface area (Å²) in [6.45, 7) is 0. The first-order chi connectivity index (χ1) is 23.8. The van der Waals surface area contributed by atoms with Gasteiger partial charge in [0.1, 0.15) is 5.82 Å². The van der Waals surface area contributed by atoms with E-state index < -0.39 is 0 Å². The van der Waals surface area contributed by atoms with Gasteiger partial charge in [0.15, 0.2) is 5.82 Å². The van der Waals surface area contributed by atoms with Gasteiger partial charge in [0.25, 0.3) is 0 Å². The molecule has 0 spiro atoms. The molecule has 0 unspecified atom stereocenters. The first-order valence-corrected chi connectivity index (χ1v) is 16.2. The summed E-state index contributed by atoms with van der Waals surface area (Å²) in [5, 5.41) is 8.55. The van der Waals surface area contributed by atoms with Crippen LogP contribution in [0.25, 0.3) is 99.3 Å². The minimum absolute atomic E-state index is 0.660. The van der Waals surface area contributed by atoms with Crippen molar-refractivity contribution in [3.8, 4) is 28.5 Å². The van der Waals surface area contributed by atoms with Crippen molar-refractivity contribution in [1.82, 2.24) is 23.9 Å². The van der Waals surface area contributed by atoms with Gasteiger partial charge in [-0.25, -0.2) is 15.0 Å². The molecule has 0 bridgehead atoms. The number of hydrogen-bond donors (Lipinski definition) is 0. The molecule has 0 amide bonds. The normalized spacial score (nSPS) is 12.2. The lowest BCUT2D eigenvalue weighted by Gasteiger charge is -2.11. The number of nitrogens with zero attached hydrogens (tertiary/aromatic N) is 5. The van der Waals surface area contributed by atoms with E-state index in [0.29, 0.717) is 5.82 Å². The first kappa shape index (κ1) is 25.6. The van der Waals surface area contributed by atoms with Crippen molar-refractivity contribution < 1.29 is 0 Å². The van der Waals surface area contributed by atoms with Crippen LogP contribution < -0.4 is 0 Å². The molecule has 222 valence electrons. The Kier molecular flexibility index (Phi) is 5.05. The Labute approximate surface area is 274 Å². The Bertz CT molecular complexity index is 3040. The summed E-state index contributed by atoms with van der Waals surface area (Å²) >= 11 is 0. The van der Waals surface area contributed by atoms with E-state index in [4.69, 9.17) is 15.0 Å². The highest BCUT2D eigenvalue weighted by Crippen LogP contribution is 2.43. The number of aromatic nitrogens is 5. The van der Waals surface area contributed by atoms with Crippen molar-refractivity contribution in [2.24, 2.45) is 0 Å². The van der Waals surface area contributed by atoms with Crippen molar-refractivity contribution in [2.75, 3.05) is 0 Å². The lowest BCUT2D eigenvalue weighted by Crippen LogP contribution is -1.99. The Morgan fingerprint density at radius 2 is 1.06 bits per heavy atom. The summed E-state index contributed by atoms with van der Waals surface area (Å²) in [7, 11) is 0. The van der Waals surface area contributed by atoms with E-state index in [1.165, 1.54) is 48.9 Å². The van der Waals surface area contributed by atoms with E-state index >= 15 is 0 Å². The lowest BCUT2D eigenvalue weighted by atomic mass is 10.0. The van der Waals surface area contributed by atoms with Gasteiger partial charge in [-0.2, -0.15) is 0 Å². The molecule has 0 saturated carbocycles. The monoisotopic (exact) mass is 611 g/mol. The zero-order chi connectivity index (χ0) is 31.3. The van der Waals surface area contributed by atoms with E-state index in [9.17, 15) is 0 Å². The maximum atomic E-state index is 5.08. The molecule has 0 atom stereocenters. The van der Waals surface area contributed by atoms with Gasteiger partial charge in [-0.05, 0) is 47.9 Å². The summed E-state index contributed by atoms with van der Waals surface area (Å²) in [6, 6.07) is 51.4. The van der Waals surface area contributed by atoms with Gasteiger partial charge in [0.05, 0.1) is 38.8 Å². The number of rotatable bonds is 3. The maximum absolute atomic E-state index is 5.08. The van der Waals surface area contributed by atoms with E-state index in [-0.39, 0.29) is 0 Å². The molecule has 0 radical (unpaired) electrons. The summed E-state index contributed by atoms with van der Waals surface area (Å²) in [5.74, 6) is 1.52. The highest BCUT2D eigenvalue weighted by molar-refractivity contribution is 6.31. The Morgan fingerprint density at radius 3 is 1.92 bits per heavy atom. The minimum Gasteiger partial charge on any atom is -0.308 e. The summed E-state index contributed by atoms with van der Waals surface area (Å²) in [4.78, 5) is 15.1. The fourth-order valence-corrected chi connectivity index (χ4v) is 7.91. The fourth-order valence-electron chi connectivity index (χ4n) is 7.91. The van der Waals surface area contributed by atoms with Crippen LogP contribution in [-0.2, 0) is 0 Å². The van der Waals surface area contributed by atoms with Gasteiger partial charge < -0.3 is 4.40 Å². The molecule has 5 nitrogen and oxygen atoms in total. The summed E-state index contributed by atoms with van der Waals surface area (Å²) < 4.78 is 4.76. The number of fused-ring (bicyclic) bond motifs is 6. The predicted octanol–water partition coefficient (Wildman–Crippen LogP) is 10.6. The van der Waals surface area contributed by atoms with Gasteiger partial charge in [-0.15, -0.1) is 0 Å². The topological polar surface area (TPSA) is 48.0 Å². The smallest absolute Gasteiger partial charge is 0.161 e. The highest BCUT2D eigenvalue weighted by Gasteiger charge is 2.22. The van der Waals surface area contributed by atoms with Crippen molar-refractivity contribution in [3.05, 3.63) is 152 Å². The molecule has 11 rings (SSSR count). The number of benzene rings is 6. The highest BCUT2D eigenvalue weighted by atomic mass is 15.1. The van der Waals surface area contributed by atoms with Gasteiger partial charge in [-0.1, -0.05) is 103 Å². The molecule has 0 N–H and O–H groups in total. The first-order valence-electron chi connectivity index (χ1n) is 16.2. The number of para-hydroxylation sites is 3. The van der Waals surface area contributed by atoms with Gasteiger partial charge >= 0.3 is 0 Å². The van der Waals surface area contributed by atoms with Crippen LogP contribution in [0.3, 0.4) is 0 Å². The van der Waals surface area contributed by atoms with E-state index in [1.54, 1.807) is 0 Å². The standard InChI is InChI=1S/C43H25N5/c1-2-11-26(12-3-1)41-32-14-4-6-18-33(32)45-43(46-41)27-23-24-38(44-25-27)47-35-20-9-15-29-31-17-8-16-30-28-13-5-7-19-34(28)48(42(30)31)37-22-10-21-36(47)40(37)39(29)35/h1-25H. The van der Waals surface area contributed by atoms with Gasteiger partial charge in [0.2, 0.25) is 0 Å². The van der Waals surface area contributed by atoms with Crippen LogP contribution in [0.15, 0.2) is 152 Å². The quantitative estimate of drug-likeness (QED) is 0.200. The Morgan fingerprint density at radius 1 is 0.417 bits per heavy atom. The van der Waals surface area contributed by atoms with Crippen LogP contribution in [0.1, 0.15) is 0 Å². The lowest BCUT2D eigenvalue weighted by molar-refractivity contribution is 1.08.